The molecule has 0 spiro atoms. The molecule has 0 saturated heterocycles. The van der Waals surface area contributed by atoms with Crippen LogP contribution in [0.2, 0.25) is 0 Å². The molecule has 0 aliphatic rings. The Balaban J connectivity index is 4.43. The molecule has 4 unspecified atom stereocenters. The summed E-state index contributed by atoms with van der Waals surface area (Å²) in [6.07, 6.45) is 1.54. The zero-order valence-corrected chi connectivity index (χ0v) is 12.6. The first-order valence-electron chi connectivity index (χ1n) is 6.02. The summed E-state index contributed by atoms with van der Waals surface area (Å²) in [7, 11) is 2.41. The maximum absolute atomic E-state index is 11.7. The minimum atomic E-state index is -1.86. The van der Waals surface area contributed by atoms with Crippen molar-refractivity contribution in [2.75, 3.05) is 0 Å². The number of amides is 2. The van der Waals surface area contributed by atoms with Crippen LogP contribution in [0, 0.1) is 0 Å². The minimum Gasteiger partial charge on any atom is -0.479 e. The maximum atomic E-state index is 11.7. The van der Waals surface area contributed by atoms with E-state index < -0.39 is 23.6 Å². The van der Waals surface area contributed by atoms with Gasteiger partial charge in [-0.3, -0.25) is 15.3 Å². The van der Waals surface area contributed by atoms with Crippen LogP contribution in [0.1, 0.15) is 33.6 Å². The molecule has 5 N–H and O–H groups in total. The lowest BCUT2D eigenvalue weighted by Gasteiger charge is -2.24. The molecule has 110 valence electrons. The molecule has 0 heterocycles. The predicted octanol–water partition coefficient (Wildman–Crippen LogP) is -0.589. The minimum absolute atomic E-state index is 0.274. The van der Waals surface area contributed by atoms with Gasteiger partial charge >= 0.3 is 5.97 Å². The van der Waals surface area contributed by atoms with Crippen LogP contribution < -0.4 is 16.4 Å². The number of aliphatic carboxylic acids is 1. The largest absolute Gasteiger partial charge is 0.479 e. The normalized spacial score (nSPS) is 16.9. The van der Waals surface area contributed by atoms with Gasteiger partial charge in [-0.2, -0.15) is 0 Å². The van der Waals surface area contributed by atoms with Crippen LogP contribution in [-0.2, 0) is 14.4 Å². The van der Waals surface area contributed by atoms with Crippen molar-refractivity contribution >= 4 is 27.0 Å². The third-order valence-electron chi connectivity index (χ3n) is 2.52. The average Bonchev–Trinajstić information content (AvgIpc) is 2.28. The summed E-state index contributed by atoms with van der Waals surface area (Å²) in [5.41, 5.74) is 3.25. The van der Waals surface area contributed by atoms with Crippen LogP contribution in [0.4, 0.5) is 0 Å². The van der Waals surface area contributed by atoms with Gasteiger partial charge in [0.2, 0.25) is 11.8 Å². The van der Waals surface area contributed by atoms with E-state index in [9.17, 15) is 14.4 Å². The molecular weight excluding hydrogens is 269 g/mol. The summed E-state index contributed by atoms with van der Waals surface area (Å²) in [4.78, 5) is 34.2. The molecule has 0 aromatic carbocycles. The monoisotopic (exact) mass is 291 g/mol. The lowest BCUT2D eigenvalue weighted by molar-refractivity contribution is -0.147. The second-order valence-electron chi connectivity index (χ2n) is 4.62. The maximum Gasteiger partial charge on any atom is 0.344 e. The van der Waals surface area contributed by atoms with Crippen molar-refractivity contribution in [1.29, 1.82) is 0 Å². The summed E-state index contributed by atoms with van der Waals surface area (Å²) >= 11 is 0. The summed E-state index contributed by atoms with van der Waals surface area (Å²) in [6.45, 7) is 4.58. The van der Waals surface area contributed by atoms with E-state index in [0.717, 1.165) is 13.3 Å². The Morgan fingerprint density at radius 1 is 1.37 bits per heavy atom. The van der Waals surface area contributed by atoms with Gasteiger partial charge in [0.25, 0.3) is 0 Å². The van der Waals surface area contributed by atoms with E-state index in [4.69, 9.17) is 10.8 Å². The van der Waals surface area contributed by atoms with E-state index in [1.807, 2.05) is 6.92 Å². The fraction of sp³-hybridized carbons (Fsp3) is 0.727. The fourth-order valence-electron chi connectivity index (χ4n) is 1.25. The predicted molar refractivity (Wildman–Crippen MR) is 74.4 cm³/mol. The Hall–Kier alpha value is -1.20. The first-order valence-corrected chi connectivity index (χ1v) is 6.68. The van der Waals surface area contributed by atoms with Crippen molar-refractivity contribution in [2.45, 2.75) is 51.0 Å². The zero-order chi connectivity index (χ0) is 15.2. The van der Waals surface area contributed by atoms with Crippen molar-refractivity contribution in [3.63, 3.8) is 0 Å². The molecule has 0 radical (unpaired) electrons. The number of nitrogens with two attached hydrogens (primary N) is 1. The van der Waals surface area contributed by atoms with Gasteiger partial charge in [0.15, 0.2) is 5.66 Å². The number of hydrogen-bond acceptors (Lipinski definition) is 4. The SMILES string of the molecule is CCCC(P)C(=O)NC(C)C(=O)NC(C)(N)C(=O)O. The second kappa shape index (κ2) is 7.40. The van der Waals surface area contributed by atoms with Gasteiger partial charge in [-0.1, -0.05) is 13.3 Å². The number of rotatable bonds is 7. The Bertz CT molecular complexity index is 360. The Morgan fingerprint density at radius 2 is 1.89 bits per heavy atom. The third kappa shape index (κ3) is 5.98. The molecule has 0 bridgehead atoms. The third-order valence-corrected chi connectivity index (χ3v) is 3.15. The molecule has 0 aromatic heterocycles. The number of carboxylic acid groups (broad SMARTS) is 1. The van der Waals surface area contributed by atoms with Gasteiger partial charge in [-0.25, -0.2) is 4.79 Å². The van der Waals surface area contributed by atoms with Crippen molar-refractivity contribution in [2.24, 2.45) is 5.73 Å². The molecular formula is C11H22N3O4P. The van der Waals surface area contributed by atoms with Crippen molar-refractivity contribution in [3.05, 3.63) is 0 Å². The van der Waals surface area contributed by atoms with Crippen LogP contribution in [0.25, 0.3) is 0 Å². The summed E-state index contributed by atoms with van der Waals surface area (Å²) < 4.78 is 0. The smallest absolute Gasteiger partial charge is 0.344 e. The molecule has 0 rings (SSSR count). The standard InChI is InChI=1S/C11H22N3O4P/c1-4-5-7(19)9(16)13-6(2)8(15)14-11(3,12)10(17)18/h6-7H,4-5,12,19H2,1-3H3,(H,13,16)(H,14,15)(H,17,18). The van der Waals surface area contributed by atoms with Crippen molar-refractivity contribution < 1.29 is 19.5 Å². The number of carbonyl (C=O) groups excluding carboxylic acids is 2. The van der Waals surface area contributed by atoms with E-state index in [2.05, 4.69) is 19.9 Å². The van der Waals surface area contributed by atoms with Crippen molar-refractivity contribution in [3.8, 4) is 0 Å². The van der Waals surface area contributed by atoms with E-state index >= 15 is 0 Å². The number of carboxylic acids is 1. The molecule has 4 atom stereocenters. The Labute approximate surface area is 114 Å². The molecule has 19 heavy (non-hydrogen) atoms. The molecule has 0 aliphatic heterocycles. The number of nitrogens with one attached hydrogen (secondary N) is 2. The Kier molecular flexibility index (Phi) is 6.94. The van der Waals surface area contributed by atoms with Crippen LogP contribution in [0.5, 0.6) is 0 Å². The zero-order valence-electron chi connectivity index (χ0n) is 11.4. The van der Waals surface area contributed by atoms with Gasteiger partial charge in [-0.05, 0) is 20.3 Å². The lowest BCUT2D eigenvalue weighted by Crippen LogP contribution is -2.62. The molecule has 8 heteroatoms. The van der Waals surface area contributed by atoms with Crippen LogP contribution in [0.15, 0.2) is 0 Å². The molecule has 0 fully saturated rings. The first kappa shape index (κ1) is 17.8. The van der Waals surface area contributed by atoms with Crippen LogP contribution in [0.3, 0.4) is 0 Å². The summed E-state index contributed by atoms with van der Waals surface area (Å²) in [6, 6.07) is -0.852. The lowest BCUT2D eigenvalue weighted by atomic mass is 10.2. The van der Waals surface area contributed by atoms with Gasteiger partial charge in [0, 0.05) is 0 Å². The molecule has 7 nitrogen and oxygen atoms in total. The quantitative estimate of drug-likeness (QED) is 0.369. The molecule has 0 aromatic rings. The molecule has 2 amide bonds. The summed E-state index contributed by atoms with van der Waals surface area (Å²) in [5, 5.41) is 13.4. The highest BCUT2D eigenvalue weighted by Crippen LogP contribution is 2.08. The average molecular weight is 291 g/mol. The Morgan fingerprint density at radius 3 is 2.32 bits per heavy atom. The second-order valence-corrected chi connectivity index (χ2v) is 5.43. The van der Waals surface area contributed by atoms with Gasteiger partial charge < -0.3 is 15.7 Å². The summed E-state index contributed by atoms with van der Waals surface area (Å²) in [5.74, 6) is -2.27. The van der Waals surface area contributed by atoms with Crippen molar-refractivity contribution in [1.82, 2.24) is 10.6 Å². The van der Waals surface area contributed by atoms with E-state index in [-0.39, 0.29) is 11.6 Å². The van der Waals surface area contributed by atoms with Gasteiger partial charge in [0.1, 0.15) is 6.04 Å². The van der Waals surface area contributed by atoms with Crippen LogP contribution >= 0.6 is 9.24 Å². The molecule has 0 saturated carbocycles. The van der Waals surface area contributed by atoms with Crippen LogP contribution in [-0.4, -0.2) is 40.3 Å². The highest BCUT2D eigenvalue weighted by molar-refractivity contribution is 7.19. The molecule has 0 aliphatic carbocycles. The number of hydrogen-bond donors (Lipinski definition) is 4. The van der Waals surface area contributed by atoms with E-state index in [0.29, 0.717) is 6.42 Å². The van der Waals surface area contributed by atoms with E-state index in [1.165, 1.54) is 6.92 Å². The highest BCUT2D eigenvalue weighted by Gasteiger charge is 2.32. The highest BCUT2D eigenvalue weighted by atomic mass is 31.0. The first-order chi connectivity index (χ1) is 8.61. The number of carbonyl (C=O) groups is 3. The fourth-order valence-corrected chi connectivity index (χ4v) is 1.68. The van der Waals surface area contributed by atoms with E-state index in [1.54, 1.807) is 0 Å². The van der Waals surface area contributed by atoms with Gasteiger partial charge in [-0.15, -0.1) is 9.24 Å². The topological polar surface area (TPSA) is 122 Å². The van der Waals surface area contributed by atoms with Gasteiger partial charge in [0.05, 0.1) is 5.66 Å².